The van der Waals surface area contributed by atoms with Gasteiger partial charge in [-0.2, -0.15) is 0 Å². The van der Waals surface area contributed by atoms with Gasteiger partial charge in [-0.1, -0.05) is 60.7 Å². The largest absolute Gasteiger partial charge is 0.506 e. The summed E-state index contributed by atoms with van der Waals surface area (Å²) < 4.78 is 11.5. The lowest BCUT2D eigenvalue weighted by molar-refractivity contribution is -0.116. The van der Waals surface area contributed by atoms with E-state index in [9.17, 15) is 24.6 Å². The number of pyridine rings is 1. The Balaban J connectivity index is 0.944. The van der Waals surface area contributed by atoms with E-state index in [1.807, 2.05) is 73.7 Å². The molecular formula is C41H45N5O7. The number of hydrogen-bond acceptors (Lipinski definition) is 9. The topological polar surface area (TPSA) is 165 Å². The van der Waals surface area contributed by atoms with Crippen molar-refractivity contribution in [3.8, 4) is 22.6 Å². The number of piperidine rings is 1. The third kappa shape index (κ3) is 9.22. The van der Waals surface area contributed by atoms with E-state index in [4.69, 9.17) is 9.47 Å². The summed E-state index contributed by atoms with van der Waals surface area (Å²) in [5.74, 6) is 0.456. The van der Waals surface area contributed by atoms with Crippen molar-refractivity contribution in [3.05, 3.63) is 118 Å². The molecule has 6 rings (SSSR count). The lowest BCUT2D eigenvalue weighted by Gasteiger charge is -2.31. The number of nitrogens with one attached hydrogen (secondary N) is 4. The van der Waals surface area contributed by atoms with Crippen molar-refractivity contribution >= 4 is 34.3 Å². The monoisotopic (exact) mass is 719 g/mol. The highest BCUT2D eigenvalue weighted by Gasteiger charge is 2.24. The van der Waals surface area contributed by atoms with Gasteiger partial charge < -0.3 is 40.2 Å². The Labute approximate surface area is 307 Å². The fourth-order valence-corrected chi connectivity index (χ4v) is 6.79. The highest BCUT2D eigenvalue weighted by atomic mass is 16.6. The molecule has 2 heterocycles. The summed E-state index contributed by atoms with van der Waals surface area (Å²) in [6.07, 6.45) is 0.106. The van der Waals surface area contributed by atoms with Gasteiger partial charge in [0.05, 0.1) is 24.4 Å². The fourth-order valence-electron chi connectivity index (χ4n) is 6.79. The Bertz CT molecular complexity index is 2110. The molecule has 53 heavy (non-hydrogen) atoms. The van der Waals surface area contributed by atoms with Crippen LogP contribution in [-0.2, 0) is 16.1 Å². The maximum Gasteiger partial charge on any atom is 0.411 e. The predicted octanol–water partition coefficient (Wildman–Crippen LogP) is 6.08. The molecule has 0 aliphatic carbocycles. The van der Waals surface area contributed by atoms with Crippen LogP contribution in [0.4, 0.5) is 16.2 Å². The molecule has 1 aliphatic heterocycles. The van der Waals surface area contributed by atoms with Gasteiger partial charge >= 0.3 is 6.09 Å². The average molecular weight is 720 g/mol. The van der Waals surface area contributed by atoms with Crippen LogP contribution in [0.25, 0.3) is 22.0 Å². The number of carbonyl (C=O) groups is 2. The molecule has 1 saturated heterocycles. The maximum atomic E-state index is 13.0. The molecule has 1 aromatic heterocycles. The van der Waals surface area contributed by atoms with Gasteiger partial charge in [0, 0.05) is 73.0 Å². The molecule has 0 bridgehead atoms. The molecule has 5 aromatic rings. The van der Waals surface area contributed by atoms with Gasteiger partial charge in [-0.05, 0) is 55.2 Å². The maximum absolute atomic E-state index is 13.0. The van der Waals surface area contributed by atoms with Crippen molar-refractivity contribution < 1.29 is 29.3 Å². The number of hydrogen-bond donors (Lipinski definition) is 6. The minimum absolute atomic E-state index is 0.0654. The van der Waals surface area contributed by atoms with Crippen molar-refractivity contribution in [2.24, 2.45) is 0 Å². The zero-order valence-electron chi connectivity index (χ0n) is 29.9. The molecule has 2 amide bonds. The number of amides is 2. The van der Waals surface area contributed by atoms with Crippen LogP contribution in [0, 0.1) is 6.92 Å². The number of para-hydroxylation sites is 1. The number of phenols is 1. The van der Waals surface area contributed by atoms with Gasteiger partial charge in [-0.3, -0.25) is 14.9 Å². The molecule has 12 heteroatoms. The first-order valence-corrected chi connectivity index (χ1v) is 17.7. The first kappa shape index (κ1) is 37.1. The van der Waals surface area contributed by atoms with E-state index in [0.717, 1.165) is 35.3 Å². The molecule has 4 aromatic carbocycles. The molecule has 276 valence electrons. The number of phenolic OH excluding ortho intramolecular Hbond substituents is 1. The number of aromatic hydroxyl groups is 1. The molecule has 0 radical (unpaired) electrons. The summed E-state index contributed by atoms with van der Waals surface area (Å²) in [6, 6.07) is 27.3. The second kappa shape index (κ2) is 17.2. The predicted molar refractivity (Wildman–Crippen MR) is 205 cm³/mol. The Morgan fingerprint density at radius 1 is 0.925 bits per heavy atom. The van der Waals surface area contributed by atoms with Crippen LogP contribution < -0.4 is 26.2 Å². The highest BCUT2D eigenvalue weighted by molar-refractivity contribution is 5.93. The van der Waals surface area contributed by atoms with Gasteiger partial charge in [0.15, 0.2) is 0 Å². The van der Waals surface area contributed by atoms with E-state index in [0.29, 0.717) is 60.4 Å². The van der Waals surface area contributed by atoms with Crippen LogP contribution in [0.15, 0.2) is 95.8 Å². The number of anilines is 2. The van der Waals surface area contributed by atoms with Crippen LogP contribution in [-0.4, -0.2) is 71.5 Å². The molecular weight excluding hydrogens is 674 g/mol. The van der Waals surface area contributed by atoms with Gasteiger partial charge in [0.2, 0.25) is 11.5 Å². The molecule has 12 nitrogen and oxygen atoms in total. The quantitative estimate of drug-likeness (QED) is 0.0846. The number of methoxy groups -OCH3 is 1. The van der Waals surface area contributed by atoms with Crippen molar-refractivity contribution in [3.63, 3.8) is 0 Å². The Kier molecular flexibility index (Phi) is 12.0. The number of aromatic nitrogens is 1. The lowest BCUT2D eigenvalue weighted by Crippen LogP contribution is -2.39. The first-order chi connectivity index (χ1) is 25.7. The normalized spacial score (nSPS) is 14.1. The number of nitrogens with zero attached hydrogens (tertiary/aromatic N) is 1. The van der Waals surface area contributed by atoms with Gasteiger partial charge in [-0.25, -0.2) is 4.79 Å². The van der Waals surface area contributed by atoms with Crippen LogP contribution >= 0.6 is 0 Å². The summed E-state index contributed by atoms with van der Waals surface area (Å²) in [4.78, 5) is 42.3. The molecule has 0 spiro atoms. The fraction of sp³-hybridized carbons (Fsp3) is 0.293. The highest BCUT2D eigenvalue weighted by Crippen LogP contribution is 2.32. The molecule has 1 atom stereocenters. The van der Waals surface area contributed by atoms with Crippen LogP contribution in [0.2, 0.25) is 0 Å². The second-order valence-corrected chi connectivity index (χ2v) is 13.1. The number of aliphatic hydroxyl groups is 1. The number of ether oxygens (including phenoxy) is 2. The number of aromatic amines is 1. The Morgan fingerprint density at radius 3 is 2.45 bits per heavy atom. The van der Waals surface area contributed by atoms with E-state index < -0.39 is 12.2 Å². The molecule has 1 aliphatic rings. The smallest absolute Gasteiger partial charge is 0.411 e. The van der Waals surface area contributed by atoms with Crippen molar-refractivity contribution in [2.75, 3.05) is 43.9 Å². The van der Waals surface area contributed by atoms with Crippen LogP contribution in [0.3, 0.4) is 0 Å². The number of aliphatic hydroxyl groups excluding tert-OH is 1. The standard InChI is InChI=1S/C41H45N5O7/c1-26-33(15-12-28(40(26)52-2)24-42-25-36(48)31-13-16-35(47)39-32(31)14-17-37(49)45-39)43-38(50)20-23-46-21-18-29(19-22-46)53-41(51)44-34-11-7-6-10-30(34)27-8-4-3-5-9-27/h3-17,29,36,42,47-48H,18-25H2,1-2H3,(H,43,50)(H,44,51)(H,45,49)/t36-/m0/s1. The van der Waals surface area contributed by atoms with Crippen LogP contribution in [0.5, 0.6) is 11.5 Å². The number of fused-ring (bicyclic) bond motifs is 1. The summed E-state index contributed by atoms with van der Waals surface area (Å²) in [5, 5.41) is 30.8. The zero-order valence-corrected chi connectivity index (χ0v) is 29.9. The summed E-state index contributed by atoms with van der Waals surface area (Å²) >= 11 is 0. The minimum Gasteiger partial charge on any atom is -0.506 e. The Morgan fingerprint density at radius 2 is 1.68 bits per heavy atom. The molecule has 0 unspecified atom stereocenters. The molecule has 1 fully saturated rings. The Hall–Kier alpha value is -5.69. The third-order valence-electron chi connectivity index (χ3n) is 9.60. The minimum atomic E-state index is -0.902. The van der Waals surface area contributed by atoms with Gasteiger partial charge in [0.1, 0.15) is 17.6 Å². The van der Waals surface area contributed by atoms with Crippen molar-refractivity contribution in [2.45, 2.75) is 44.9 Å². The van der Waals surface area contributed by atoms with E-state index in [-0.39, 0.29) is 35.4 Å². The van der Waals surface area contributed by atoms with Gasteiger partial charge in [-0.15, -0.1) is 0 Å². The van der Waals surface area contributed by atoms with E-state index in [2.05, 4.69) is 25.8 Å². The lowest BCUT2D eigenvalue weighted by atomic mass is 10.0. The third-order valence-corrected chi connectivity index (χ3v) is 9.60. The van der Waals surface area contributed by atoms with Gasteiger partial charge in [0.25, 0.3) is 0 Å². The molecule has 6 N–H and O–H groups in total. The number of rotatable bonds is 13. The number of H-pyrrole nitrogens is 1. The number of likely N-dealkylation sites (tertiary alicyclic amines) is 1. The summed E-state index contributed by atoms with van der Waals surface area (Å²) in [6.45, 7) is 4.51. The molecule has 0 saturated carbocycles. The second-order valence-electron chi connectivity index (χ2n) is 13.1. The van der Waals surface area contributed by atoms with Crippen LogP contribution in [0.1, 0.15) is 42.1 Å². The van der Waals surface area contributed by atoms with E-state index in [1.54, 1.807) is 19.2 Å². The summed E-state index contributed by atoms with van der Waals surface area (Å²) in [7, 11) is 1.58. The van der Waals surface area contributed by atoms with E-state index in [1.165, 1.54) is 12.1 Å². The zero-order chi connectivity index (χ0) is 37.3. The number of benzene rings is 4. The average Bonchev–Trinajstić information content (AvgIpc) is 3.16. The SMILES string of the molecule is COc1c(CNC[C@H](O)c2ccc(O)c3[nH]c(=O)ccc23)ccc(NC(=O)CCN2CCC(OC(=O)Nc3ccccc3-c3ccccc3)CC2)c1C. The summed E-state index contributed by atoms with van der Waals surface area (Å²) in [5.41, 5.74) is 5.45. The van der Waals surface area contributed by atoms with Crippen molar-refractivity contribution in [1.82, 2.24) is 15.2 Å². The number of carbonyl (C=O) groups excluding carboxylic acids is 2. The first-order valence-electron chi connectivity index (χ1n) is 17.7. The van der Waals surface area contributed by atoms with E-state index >= 15 is 0 Å². The van der Waals surface area contributed by atoms with Crippen molar-refractivity contribution in [1.29, 1.82) is 0 Å².